The Kier molecular flexibility index (Phi) is 2.18. The van der Waals surface area contributed by atoms with Crippen LogP contribution in [0.4, 0.5) is 0 Å². The molecule has 0 aromatic rings. The Morgan fingerprint density at radius 2 is 2.06 bits per heavy atom. The molecule has 5 nitrogen and oxygen atoms in total. The molecule has 0 N–H and O–H groups in total. The van der Waals surface area contributed by atoms with Crippen LogP contribution in [0, 0.1) is 11.3 Å². The summed E-state index contributed by atoms with van der Waals surface area (Å²) in [5.41, 5.74) is -0.202. The van der Waals surface area contributed by atoms with E-state index in [0.717, 1.165) is 25.5 Å². The monoisotopic (exact) mass is 248 g/mol. The summed E-state index contributed by atoms with van der Waals surface area (Å²) < 4.78 is 38.5. The van der Waals surface area contributed by atoms with Gasteiger partial charge < -0.3 is 9.47 Å². The molecule has 6 heteroatoms. The predicted molar refractivity (Wildman–Crippen MR) is 55.2 cm³/mol. The second-order valence-corrected chi connectivity index (χ2v) is 6.66. The van der Waals surface area contributed by atoms with E-state index in [9.17, 15) is 8.42 Å². The van der Waals surface area contributed by atoms with Crippen LogP contribution in [0.2, 0.25) is 0 Å². The molecule has 2 atom stereocenters. The highest BCUT2D eigenvalue weighted by Gasteiger charge is 2.74. The predicted octanol–water partition coefficient (Wildman–Crippen LogP) is 0.506. The van der Waals surface area contributed by atoms with Crippen molar-refractivity contribution in [2.24, 2.45) is 11.3 Å². The fourth-order valence-corrected chi connectivity index (χ4v) is 3.65. The fraction of sp³-hybridized carbons (Fsp3) is 1.00. The third-order valence-electron chi connectivity index (χ3n) is 4.10. The fourth-order valence-electron chi connectivity index (χ4n) is 3.22. The second-order valence-electron chi connectivity index (χ2n) is 5.01. The van der Waals surface area contributed by atoms with Gasteiger partial charge in [-0.1, -0.05) is 0 Å². The van der Waals surface area contributed by atoms with Crippen LogP contribution in [0.5, 0.6) is 0 Å². The van der Waals surface area contributed by atoms with Gasteiger partial charge >= 0.3 is 0 Å². The zero-order chi connectivity index (χ0) is 11.4. The van der Waals surface area contributed by atoms with Crippen molar-refractivity contribution in [3.05, 3.63) is 0 Å². The molecule has 3 aliphatic rings. The zero-order valence-electron chi connectivity index (χ0n) is 9.27. The van der Waals surface area contributed by atoms with Crippen molar-refractivity contribution in [1.29, 1.82) is 0 Å². The molecule has 1 aliphatic heterocycles. The zero-order valence-corrected chi connectivity index (χ0v) is 10.1. The maximum Gasteiger partial charge on any atom is 0.264 e. The Hall–Kier alpha value is -0.170. The van der Waals surface area contributed by atoms with Crippen LogP contribution >= 0.6 is 0 Å². The van der Waals surface area contributed by atoms with Crippen LogP contribution in [-0.4, -0.2) is 40.3 Å². The molecule has 1 spiro atoms. The van der Waals surface area contributed by atoms with E-state index >= 15 is 0 Å². The largest absolute Gasteiger partial charge is 0.347 e. The molecule has 0 bridgehead atoms. The van der Waals surface area contributed by atoms with Crippen molar-refractivity contribution in [2.45, 2.75) is 25.0 Å². The first-order chi connectivity index (χ1) is 7.48. The molecule has 3 rings (SSSR count). The summed E-state index contributed by atoms with van der Waals surface area (Å²) in [6.07, 6.45) is 3.96. The summed E-state index contributed by atoms with van der Waals surface area (Å²) in [7, 11) is -3.38. The highest BCUT2D eigenvalue weighted by Crippen LogP contribution is 2.70. The Labute approximate surface area is 95.2 Å². The molecule has 0 aromatic heterocycles. The Morgan fingerprint density at radius 3 is 2.62 bits per heavy atom. The van der Waals surface area contributed by atoms with Gasteiger partial charge in [-0.25, -0.2) is 0 Å². The van der Waals surface area contributed by atoms with Crippen LogP contribution in [0.15, 0.2) is 0 Å². The van der Waals surface area contributed by atoms with E-state index in [0.29, 0.717) is 19.1 Å². The quantitative estimate of drug-likeness (QED) is 0.681. The summed E-state index contributed by atoms with van der Waals surface area (Å²) in [4.78, 5) is 0. The van der Waals surface area contributed by atoms with Gasteiger partial charge in [0.25, 0.3) is 10.1 Å². The molecule has 3 fully saturated rings. The number of fused-ring (bicyclic) bond motifs is 2. The van der Waals surface area contributed by atoms with Crippen LogP contribution in [0.25, 0.3) is 0 Å². The van der Waals surface area contributed by atoms with E-state index in [-0.39, 0.29) is 12.0 Å². The summed E-state index contributed by atoms with van der Waals surface area (Å²) in [6, 6.07) is 0. The molecular formula is C10H16O5S. The molecular weight excluding hydrogens is 232 g/mol. The minimum atomic E-state index is -3.38. The average molecular weight is 248 g/mol. The van der Waals surface area contributed by atoms with Gasteiger partial charge in [0.1, 0.15) is 0 Å². The maximum absolute atomic E-state index is 11.0. The number of rotatable bonds is 3. The summed E-state index contributed by atoms with van der Waals surface area (Å²) in [5.74, 6) is -0.0464. The summed E-state index contributed by atoms with van der Waals surface area (Å²) in [6.45, 7) is 1.41. The van der Waals surface area contributed by atoms with Crippen LogP contribution in [0.3, 0.4) is 0 Å². The summed E-state index contributed by atoms with van der Waals surface area (Å²) in [5, 5.41) is 0. The molecule has 0 amide bonds. The number of hydrogen-bond acceptors (Lipinski definition) is 5. The standard InChI is InChI=1S/C10H16O5S/c1-16(11,12)15-7-9-6-8(9)2-3-10(9)13-4-5-14-10/h8H,2-7H2,1H3. The highest BCUT2D eigenvalue weighted by atomic mass is 32.2. The molecule has 2 saturated carbocycles. The van der Waals surface area contributed by atoms with Crippen LogP contribution in [0.1, 0.15) is 19.3 Å². The normalized spacial score (nSPS) is 40.2. The van der Waals surface area contributed by atoms with E-state index < -0.39 is 15.9 Å². The first-order valence-electron chi connectivity index (χ1n) is 5.60. The van der Waals surface area contributed by atoms with Crippen molar-refractivity contribution in [1.82, 2.24) is 0 Å². The van der Waals surface area contributed by atoms with Gasteiger partial charge in [0.05, 0.1) is 31.5 Å². The van der Waals surface area contributed by atoms with Crippen molar-refractivity contribution in [3.8, 4) is 0 Å². The Balaban J connectivity index is 1.78. The number of ether oxygens (including phenoxy) is 2. The highest BCUT2D eigenvalue weighted by molar-refractivity contribution is 7.85. The third kappa shape index (κ3) is 1.44. The van der Waals surface area contributed by atoms with Gasteiger partial charge in [-0.15, -0.1) is 0 Å². The number of hydrogen-bond donors (Lipinski definition) is 0. The lowest BCUT2D eigenvalue weighted by Crippen LogP contribution is -2.41. The van der Waals surface area contributed by atoms with Gasteiger partial charge in [-0.2, -0.15) is 8.42 Å². The Bertz CT molecular complexity index is 392. The van der Waals surface area contributed by atoms with Crippen molar-refractivity contribution < 1.29 is 22.1 Å². The van der Waals surface area contributed by atoms with E-state index in [1.165, 1.54) is 0 Å². The van der Waals surface area contributed by atoms with E-state index in [1.54, 1.807) is 0 Å². The average Bonchev–Trinajstić information content (AvgIpc) is 2.60. The van der Waals surface area contributed by atoms with E-state index in [1.807, 2.05) is 0 Å². The van der Waals surface area contributed by atoms with Crippen LogP contribution < -0.4 is 0 Å². The van der Waals surface area contributed by atoms with E-state index in [4.69, 9.17) is 13.7 Å². The molecule has 1 saturated heterocycles. The van der Waals surface area contributed by atoms with Crippen molar-refractivity contribution in [2.75, 3.05) is 26.1 Å². The smallest absolute Gasteiger partial charge is 0.264 e. The first-order valence-corrected chi connectivity index (χ1v) is 7.41. The van der Waals surface area contributed by atoms with Gasteiger partial charge in [-0.05, 0) is 18.8 Å². The molecule has 92 valence electrons. The van der Waals surface area contributed by atoms with Crippen molar-refractivity contribution >= 4 is 10.1 Å². The first kappa shape index (κ1) is 11.0. The molecule has 0 aromatic carbocycles. The minimum Gasteiger partial charge on any atom is -0.347 e. The molecule has 0 radical (unpaired) electrons. The van der Waals surface area contributed by atoms with Crippen molar-refractivity contribution in [3.63, 3.8) is 0 Å². The molecule has 2 unspecified atom stereocenters. The van der Waals surface area contributed by atoms with Gasteiger partial charge in [0.2, 0.25) is 0 Å². The van der Waals surface area contributed by atoms with Crippen LogP contribution in [-0.2, 0) is 23.8 Å². The lowest BCUT2D eigenvalue weighted by atomic mass is 9.97. The Morgan fingerprint density at radius 1 is 1.38 bits per heavy atom. The summed E-state index contributed by atoms with van der Waals surface area (Å²) >= 11 is 0. The minimum absolute atomic E-state index is 0.202. The molecule has 2 aliphatic carbocycles. The maximum atomic E-state index is 11.0. The molecule has 16 heavy (non-hydrogen) atoms. The van der Waals surface area contributed by atoms with Gasteiger partial charge in [0.15, 0.2) is 5.79 Å². The third-order valence-corrected chi connectivity index (χ3v) is 4.64. The lowest BCUT2D eigenvalue weighted by molar-refractivity contribution is -0.204. The lowest BCUT2D eigenvalue weighted by Gasteiger charge is -2.32. The van der Waals surface area contributed by atoms with E-state index in [2.05, 4.69) is 0 Å². The second kappa shape index (κ2) is 3.19. The SMILES string of the molecule is CS(=O)(=O)OCC12CC1CCC21OCCO1. The topological polar surface area (TPSA) is 61.8 Å². The molecule has 1 heterocycles. The van der Waals surface area contributed by atoms with Gasteiger partial charge in [0, 0.05) is 6.42 Å². The van der Waals surface area contributed by atoms with Gasteiger partial charge in [-0.3, -0.25) is 4.18 Å².